The van der Waals surface area contributed by atoms with Gasteiger partial charge in [-0.05, 0) is 30.5 Å². The van der Waals surface area contributed by atoms with Gasteiger partial charge in [-0.25, -0.2) is 0 Å². The molecule has 2 rings (SSSR count). The second-order valence-electron chi connectivity index (χ2n) is 4.43. The number of hydrogen-bond donors (Lipinski definition) is 1. The first kappa shape index (κ1) is 14.3. The summed E-state index contributed by atoms with van der Waals surface area (Å²) in [6, 6.07) is 14.7. The summed E-state index contributed by atoms with van der Waals surface area (Å²) in [5, 5.41) is 14.5. The van der Waals surface area contributed by atoms with Gasteiger partial charge < -0.3 is 5.32 Å². The van der Waals surface area contributed by atoms with Crippen LogP contribution in [0.4, 0.5) is 11.4 Å². The number of nitrogens with zero attached hydrogens (tertiary/aromatic N) is 1. The van der Waals surface area contributed by atoms with Gasteiger partial charge in [-0.15, -0.1) is 0 Å². The highest BCUT2D eigenvalue weighted by Gasteiger charge is 2.13. The summed E-state index contributed by atoms with van der Waals surface area (Å²) < 4.78 is 0. The molecular weight excluding hydrogens is 276 g/mol. The van der Waals surface area contributed by atoms with Crippen LogP contribution in [0.15, 0.2) is 48.5 Å². The molecule has 4 nitrogen and oxygen atoms in total. The monoisotopic (exact) mass is 290 g/mol. The predicted octanol–water partition coefficient (Wildman–Crippen LogP) is 4.29. The molecule has 0 atom stereocenters. The molecule has 0 aliphatic carbocycles. The molecule has 0 fully saturated rings. The summed E-state index contributed by atoms with van der Waals surface area (Å²) in [6.07, 6.45) is 1.83. The van der Waals surface area contributed by atoms with E-state index in [0.717, 1.165) is 12.8 Å². The molecule has 2 aromatic rings. The number of benzene rings is 2. The Bertz CT molecular complexity index is 588. The number of rotatable bonds is 6. The van der Waals surface area contributed by atoms with E-state index in [1.54, 1.807) is 6.07 Å². The van der Waals surface area contributed by atoms with E-state index in [0.29, 0.717) is 17.3 Å². The van der Waals surface area contributed by atoms with Crippen LogP contribution in [-0.4, -0.2) is 11.5 Å². The Kier molecular flexibility index (Phi) is 4.96. The zero-order valence-electron chi connectivity index (χ0n) is 10.9. The number of nitrogens with one attached hydrogen (secondary N) is 1. The smallest absolute Gasteiger partial charge is 0.292 e. The fraction of sp³-hybridized carbons (Fsp3) is 0.200. The minimum atomic E-state index is -0.407. The highest BCUT2D eigenvalue weighted by atomic mass is 35.5. The fourth-order valence-electron chi connectivity index (χ4n) is 1.97. The van der Waals surface area contributed by atoms with Crippen molar-refractivity contribution in [2.24, 2.45) is 0 Å². The number of nitro groups is 1. The standard InChI is InChI=1S/C15H15ClN2O2/c16-13-8-9-15(18(19)20)14(11-13)17-10-4-7-12-5-2-1-3-6-12/h1-3,5-6,8-9,11,17H,4,7,10H2. The van der Waals surface area contributed by atoms with Crippen LogP contribution in [0.3, 0.4) is 0 Å². The van der Waals surface area contributed by atoms with Crippen molar-refractivity contribution in [1.82, 2.24) is 0 Å². The predicted molar refractivity (Wildman–Crippen MR) is 81.4 cm³/mol. The van der Waals surface area contributed by atoms with Gasteiger partial charge in [0.05, 0.1) is 4.92 Å². The SMILES string of the molecule is O=[N+]([O-])c1ccc(Cl)cc1NCCCc1ccccc1. The maximum atomic E-state index is 10.9. The zero-order valence-corrected chi connectivity index (χ0v) is 11.6. The van der Waals surface area contributed by atoms with Crippen LogP contribution in [0.2, 0.25) is 5.02 Å². The number of anilines is 1. The molecule has 0 saturated carbocycles. The van der Waals surface area contributed by atoms with E-state index in [9.17, 15) is 10.1 Å². The Labute approximate surface area is 122 Å². The van der Waals surface area contributed by atoms with E-state index in [1.807, 2.05) is 18.2 Å². The van der Waals surface area contributed by atoms with Crippen molar-refractivity contribution >= 4 is 23.0 Å². The van der Waals surface area contributed by atoms with E-state index >= 15 is 0 Å². The topological polar surface area (TPSA) is 55.2 Å². The average molecular weight is 291 g/mol. The summed E-state index contributed by atoms with van der Waals surface area (Å²) in [5.74, 6) is 0. The molecule has 0 aromatic heterocycles. The molecule has 0 aliphatic rings. The van der Waals surface area contributed by atoms with Crippen molar-refractivity contribution in [1.29, 1.82) is 0 Å². The number of halogens is 1. The first-order chi connectivity index (χ1) is 9.66. The van der Waals surface area contributed by atoms with Gasteiger partial charge in [0.1, 0.15) is 5.69 Å². The highest BCUT2D eigenvalue weighted by molar-refractivity contribution is 6.31. The van der Waals surface area contributed by atoms with Crippen LogP contribution in [0.5, 0.6) is 0 Å². The van der Waals surface area contributed by atoms with Crippen molar-refractivity contribution in [2.45, 2.75) is 12.8 Å². The highest BCUT2D eigenvalue weighted by Crippen LogP contribution is 2.27. The molecule has 1 N–H and O–H groups in total. The van der Waals surface area contributed by atoms with Crippen molar-refractivity contribution in [2.75, 3.05) is 11.9 Å². The van der Waals surface area contributed by atoms with E-state index in [-0.39, 0.29) is 5.69 Å². The molecule has 0 bridgehead atoms. The zero-order chi connectivity index (χ0) is 14.4. The summed E-state index contributed by atoms with van der Waals surface area (Å²) in [5.41, 5.74) is 1.78. The van der Waals surface area contributed by atoms with Gasteiger partial charge >= 0.3 is 0 Å². The lowest BCUT2D eigenvalue weighted by Crippen LogP contribution is -2.05. The molecule has 0 unspecified atom stereocenters. The molecule has 2 aromatic carbocycles. The van der Waals surface area contributed by atoms with Crippen LogP contribution < -0.4 is 5.32 Å². The third kappa shape index (κ3) is 3.96. The molecule has 5 heteroatoms. The van der Waals surface area contributed by atoms with Gasteiger partial charge in [0, 0.05) is 17.6 Å². The summed E-state index contributed by atoms with van der Waals surface area (Å²) in [4.78, 5) is 10.5. The Morgan fingerprint density at radius 2 is 1.90 bits per heavy atom. The lowest BCUT2D eigenvalue weighted by molar-refractivity contribution is -0.384. The number of hydrogen-bond acceptors (Lipinski definition) is 3. The van der Waals surface area contributed by atoms with Crippen LogP contribution in [0.25, 0.3) is 0 Å². The Hall–Kier alpha value is -2.07. The molecule has 0 radical (unpaired) electrons. The molecular formula is C15H15ClN2O2. The van der Waals surface area contributed by atoms with Gasteiger partial charge in [0.2, 0.25) is 0 Å². The largest absolute Gasteiger partial charge is 0.379 e. The minimum absolute atomic E-state index is 0.0501. The summed E-state index contributed by atoms with van der Waals surface area (Å²) in [7, 11) is 0. The third-order valence-electron chi connectivity index (χ3n) is 2.96. The van der Waals surface area contributed by atoms with E-state index in [2.05, 4.69) is 17.4 Å². The molecule has 104 valence electrons. The van der Waals surface area contributed by atoms with Crippen molar-refractivity contribution in [3.05, 3.63) is 69.2 Å². The molecule has 0 heterocycles. The fourth-order valence-corrected chi connectivity index (χ4v) is 2.14. The van der Waals surface area contributed by atoms with Gasteiger partial charge in [-0.3, -0.25) is 10.1 Å². The maximum Gasteiger partial charge on any atom is 0.292 e. The van der Waals surface area contributed by atoms with Crippen LogP contribution in [-0.2, 0) is 6.42 Å². The Morgan fingerprint density at radius 1 is 1.15 bits per heavy atom. The van der Waals surface area contributed by atoms with Crippen molar-refractivity contribution in [3.63, 3.8) is 0 Å². The quantitative estimate of drug-likeness (QED) is 0.490. The molecule has 20 heavy (non-hydrogen) atoms. The van der Waals surface area contributed by atoms with Gasteiger partial charge in [0.25, 0.3) is 5.69 Å². The Balaban J connectivity index is 1.91. The first-order valence-corrected chi connectivity index (χ1v) is 6.76. The van der Waals surface area contributed by atoms with E-state index in [4.69, 9.17) is 11.6 Å². The molecule has 0 saturated heterocycles. The minimum Gasteiger partial charge on any atom is -0.379 e. The van der Waals surface area contributed by atoms with E-state index < -0.39 is 4.92 Å². The average Bonchev–Trinajstić information content (AvgIpc) is 2.44. The summed E-state index contributed by atoms with van der Waals surface area (Å²) >= 11 is 5.87. The normalized spacial score (nSPS) is 10.2. The number of aryl methyl sites for hydroxylation is 1. The molecule has 0 aliphatic heterocycles. The maximum absolute atomic E-state index is 10.9. The second-order valence-corrected chi connectivity index (χ2v) is 4.87. The van der Waals surface area contributed by atoms with Gasteiger partial charge in [-0.2, -0.15) is 0 Å². The van der Waals surface area contributed by atoms with Gasteiger partial charge in [-0.1, -0.05) is 41.9 Å². The molecule has 0 spiro atoms. The third-order valence-corrected chi connectivity index (χ3v) is 3.19. The van der Waals surface area contributed by atoms with Crippen LogP contribution in [0, 0.1) is 10.1 Å². The van der Waals surface area contributed by atoms with Crippen LogP contribution >= 0.6 is 11.6 Å². The lowest BCUT2D eigenvalue weighted by atomic mass is 10.1. The lowest BCUT2D eigenvalue weighted by Gasteiger charge is -2.07. The Morgan fingerprint density at radius 3 is 2.60 bits per heavy atom. The molecule has 0 amide bonds. The first-order valence-electron chi connectivity index (χ1n) is 6.38. The summed E-state index contributed by atoms with van der Waals surface area (Å²) in [6.45, 7) is 0.663. The number of nitro benzene ring substituents is 1. The van der Waals surface area contributed by atoms with Gasteiger partial charge in [0.15, 0.2) is 0 Å². The van der Waals surface area contributed by atoms with Crippen LogP contribution in [0.1, 0.15) is 12.0 Å². The second kappa shape index (κ2) is 6.91. The van der Waals surface area contributed by atoms with Crippen molar-refractivity contribution in [3.8, 4) is 0 Å². The van der Waals surface area contributed by atoms with E-state index in [1.165, 1.54) is 17.7 Å². The van der Waals surface area contributed by atoms with Crippen molar-refractivity contribution < 1.29 is 4.92 Å².